The van der Waals surface area contributed by atoms with Gasteiger partial charge in [-0.25, -0.2) is 9.59 Å². The summed E-state index contributed by atoms with van der Waals surface area (Å²) in [5, 5.41) is 16.5. The van der Waals surface area contributed by atoms with Gasteiger partial charge < -0.3 is 10.2 Å². The van der Waals surface area contributed by atoms with Crippen molar-refractivity contribution < 1.29 is 19.8 Å². The third-order valence-corrected chi connectivity index (χ3v) is 2.29. The molecular formula is C17H20O4. The van der Waals surface area contributed by atoms with Crippen molar-refractivity contribution in [1.29, 1.82) is 0 Å². The van der Waals surface area contributed by atoms with E-state index in [2.05, 4.69) is 0 Å². The van der Waals surface area contributed by atoms with Crippen LogP contribution in [0.15, 0.2) is 60.2 Å². The van der Waals surface area contributed by atoms with Gasteiger partial charge in [-0.15, -0.1) is 0 Å². The molecule has 0 aromatic heterocycles. The van der Waals surface area contributed by atoms with E-state index >= 15 is 0 Å². The van der Waals surface area contributed by atoms with Crippen molar-refractivity contribution in [3.05, 3.63) is 65.8 Å². The van der Waals surface area contributed by atoms with Crippen LogP contribution in [0.5, 0.6) is 0 Å². The number of carboxylic acids is 2. The quantitative estimate of drug-likeness (QED) is 0.639. The zero-order chi connectivity index (χ0) is 16.1. The molecule has 0 atom stereocenters. The maximum Gasteiger partial charge on any atom is 0.330 e. The van der Waals surface area contributed by atoms with E-state index < -0.39 is 11.9 Å². The second kappa shape index (κ2) is 11.2. The third kappa shape index (κ3) is 10.9. The van der Waals surface area contributed by atoms with Crippen LogP contribution in [0.1, 0.15) is 25.8 Å². The molecule has 0 saturated heterocycles. The minimum absolute atomic E-state index is 0.424. The Labute approximate surface area is 124 Å². The van der Waals surface area contributed by atoms with Crippen molar-refractivity contribution in [3.8, 4) is 0 Å². The summed E-state index contributed by atoms with van der Waals surface area (Å²) in [6.45, 7) is 3.50. The van der Waals surface area contributed by atoms with Crippen LogP contribution in [0.3, 0.4) is 0 Å². The van der Waals surface area contributed by atoms with E-state index in [1.165, 1.54) is 6.08 Å². The summed E-state index contributed by atoms with van der Waals surface area (Å²) in [4.78, 5) is 20.1. The fourth-order valence-electron chi connectivity index (χ4n) is 1.26. The SMILES string of the molecule is CCC=C(C)C(=O)O.O=C(O)C=CC=Cc1ccccc1. The van der Waals surface area contributed by atoms with Crippen molar-refractivity contribution in [2.75, 3.05) is 0 Å². The van der Waals surface area contributed by atoms with Crippen molar-refractivity contribution in [3.63, 3.8) is 0 Å². The Bertz CT molecular complexity index is 525. The number of carboxylic acid groups (broad SMARTS) is 2. The zero-order valence-corrected chi connectivity index (χ0v) is 12.2. The maximum atomic E-state index is 10.1. The van der Waals surface area contributed by atoms with Gasteiger partial charge in [0.05, 0.1) is 0 Å². The highest BCUT2D eigenvalue weighted by Gasteiger charge is 1.95. The Balaban J connectivity index is 0.000000433. The lowest BCUT2D eigenvalue weighted by Crippen LogP contribution is -1.94. The predicted octanol–water partition coefficient (Wildman–Crippen LogP) is 3.77. The Morgan fingerprint density at radius 3 is 2.14 bits per heavy atom. The topological polar surface area (TPSA) is 74.6 Å². The van der Waals surface area contributed by atoms with Gasteiger partial charge in [-0.3, -0.25) is 0 Å². The molecule has 0 fully saturated rings. The smallest absolute Gasteiger partial charge is 0.330 e. The van der Waals surface area contributed by atoms with Crippen LogP contribution >= 0.6 is 0 Å². The minimum Gasteiger partial charge on any atom is -0.478 e. The second-order valence-electron chi connectivity index (χ2n) is 4.07. The van der Waals surface area contributed by atoms with Gasteiger partial charge in [0.1, 0.15) is 0 Å². The average Bonchev–Trinajstić information content (AvgIpc) is 2.45. The van der Waals surface area contributed by atoms with E-state index in [9.17, 15) is 9.59 Å². The minimum atomic E-state index is -0.933. The molecule has 4 heteroatoms. The largest absolute Gasteiger partial charge is 0.478 e. The fourth-order valence-corrected chi connectivity index (χ4v) is 1.26. The summed E-state index contributed by atoms with van der Waals surface area (Å²) in [5.74, 6) is -1.76. The standard InChI is InChI=1S/C11H10O2.C6H10O2/c12-11(13)9-5-4-8-10-6-2-1-3-7-10;1-3-4-5(2)6(7)8/h1-9H,(H,12,13);4H,3H2,1-2H3,(H,7,8). The first-order valence-corrected chi connectivity index (χ1v) is 6.50. The van der Waals surface area contributed by atoms with Crippen molar-refractivity contribution >= 4 is 18.0 Å². The molecule has 0 heterocycles. The van der Waals surface area contributed by atoms with Gasteiger partial charge >= 0.3 is 11.9 Å². The molecule has 0 spiro atoms. The molecule has 1 aromatic carbocycles. The number of aliphatic carboxylic acids is 2. The molecule has 112 valence electrons. The number of allylic oxidation sites excluding steroid dienone is 3. The number of carbonyl (C=O) groups is 2. The van der Waals surface area contributed by atoms with E-state index in [1.54, 1.807) is 19.1 Å². The van der Waals surface area contributed by atoms with Gasteiger partial charge in [-0.05, 0) is 18.9 Å². The Kier molecular flexibility index (Phi) is 9.83. The molecule has 4 nitrogen and oxygen atoms in total. The highest BCUT2D eigenvalue weighted by atomic mass is 16.4. The zero-order valence-electron chi connectivity index (χ0n) is 12.2. The van der Waals surface area contributed by atoms with Crippen LogP contribution in [0.25, 0.3) is 6.08 Å². The van der Waals surface area contributed by atoms with Crippen LogP contribution in [-0.4, -0.2) is 22.2 Å². The van der Waals surface area contributed by atoms with Crippen molar-refractivity contribution in [2.24, 2.45) is 0 Å². The summed E-state index contributed by atoms with van der Waals surface area (Å²) in [6.07, 6.45) is 8.61. The average molecular weight is 288 g/mol. The van der Waals surface area contributed by atoms with Gasteiger partial charge in [0.25, 0.3) is 0 Å². The normalized spacial score (nSPS) is 11.2. The molecule has 0 aliphatic heterocycles. The summed E-state index contributed by atoms with van der Waals surface area (Å²) in [5.41, 5.74) is 1.48. The Morgan fingerprint density at radius 1 is 1.10 bits per heavy atom. The summed E-state index contributed by atoms with van der Waals surface area (Å²) < 4.78 is 0. The third-order valence-electron chi connectivity index (χ3n) is 2.29. The first kappa shape index (κ1) is 18.4. The summed E-state index contributed by atoms with van der Waals surface area (Å²) >= 11 is 0. The highest BCUT2D eigenvalue weighted by Crippen LogP contribution is 2.00. The monoisotopic (exact) mass is 288 g/mol. The molecule has 0 bridgehead atoms. The fraction of sp³-hybridized carbons (Fsp3) is 0.176. The molecule has 2 N–H and O–H groups in total. The lowest BCUT2D eigenvalue weighted by Gasteiger charge is -1.87. The lowest BCUT2D eigenvalue weighted by atomic mass is 10.2. The molecule has 0 unspecified atom stereocenters. The van der Waals surface area contributed by atoms with Gasteiger partial charge in [0, 0.05) is 11.6 Å². The molecule has 21 heavy (non-hydrogen) atoms. The number of rotatable bonds is 5. The van der Waals surface area contributed by atoms with Crippen LogP contribution in [0, 0.1) is 0 Å². The molecule has 0 radical (unpaired) electrons. The Hall–Kier alpha value is -2.62. The van der Waals surface area contributed by atoms with E-state index in [0.717, 1.165) is 18.1 Å². The molecule has 0 amide bonds. The van der Waals surface area contributed by atoms with Crippen LogP contribution in [0.4, 0.5) is 0 Å². The van der Waals surface area contributed by atoms with Crippen LogP contribution in [-0.2, 0) is 9.59 Å². The van der Waals surface area contributed by atoms with Crippen LogP contribution < -0.4 is 0 Å². The first-order valence-electron chi connectivity index (χ1n) is 6.50. The van der Waals surface area contributed by atoms with E-state index in [1.807, 2.05) is 43.3 Å². The van der Waals surface area contributed by atoms with Crippen molar-refractivity contribution in [2.45, 2.75) is 20.3 Å². The van der Waals surface area contributed by atoms with Gasteiger partial charge in [-0.2, -0.15) is 0 Å². The number of hydrogen-bond donors (Lipinski definition) is 2. The van der Waals surface area contributed by atoms with Gasteiger partial charge in [0.2, 0.25) is 0 Å². The van der Waals surface area contributed by atoms with Gasteiger partial charge in [0.15, 0.2) is 0 Å². The van der Waals surface area contributed by atoms with E-state index in [0.29, 0.717) is 5.57 Å². The number of benzene rings is 1. The van der Waals surface area contributed by atoms with E-state index in [4.69, 9.17) is 10.2 Å². The molecule has 1 rings (SSSR count). The Morgan fingerprint density at radius 2 is 1.71 bits per heavy atom. The van der Waals surface area contributed by atoms with Gasteiger partial charge in [-0.1, -0.05) is 61.6 Å². The van der Waals surface area contributed by atoms with E-state index in [-0.39, 0.29) is 0 Å². The van der Waals surface area contributed by atoms with Crippen molar-refractivity contribution in [1.82, 2.24) is 0 Å². The van der Waals surface area contributed by atoms with Crippen LogP contribution in [0.2, 0.25) is 0 Å². The molecule has 0 aliphatic carbocycles. The molecule has 1 aromatic rings. The molecular weight excluding hydrogens is 268 g/mol. The summed E-state index contributed by atoms with van der Waals surface area (Å²) in [7, 11) is 0. The maximum absolute atomic E-state index is 10.1. The molecule has 0 aliphatic rings. The summed E-state index contributed by atoms with van der Waals surface area (Å²) in [6, 6.07) is 9.70. The lowest BCUT2D eigenvalue weighted by molar-refractivity contribution is -0.133. The number of hydrogen-bond acceptors (Lipinski definition) is 2. The second-order valence-corrected chi connectivity index (χ2v) is 4.07. The predicted molar refractivity (Wildman–Crippen MR) is 83.9 cm³/mol. The first-order chi connectivity index (χ1) is 9.97. The highest BCUT2D eigenvalue weighted by molar-refractivity contribution is 5.85. The molecule has 0 saturated carbocycles.